The highest BCUT2D eigenvalue weighted by atomic mass is 79.9. The zero-order valence-electron chi connectivity index (χ0n) is 10.8. The summed E-state index contributed by atoms with van der Waals surface area (Å²) in [6, 6.07) is 13.4. The molecular formula is C15H14BrNO2. The van der Waals surface area contributed by atoms with Gasteiger partial charge < -0.3 is 9.64 Å². The molecule has 0 radical (unpaired) electrons. The summed E-state index contributed by atoms with van der Waals surface area (Å²) in [7, 11) is 3.62. The van der Waals surface area contributed by atoms with Gasteiger partial charge in [-0.3, -0.25) is 4.79 Å². The van der Waals surface area contributed by atoms with Crippen molar-refractivity contribution in [2.45, 2.75) is 0 Å². The lowest BCUT2D eigenvalue weighted by molar-refractivity contribution is 0.112. The van der Waals surface area contributed by atoms with Crippen LogP contribution in [0.4, 0.5) is 11.4 Å². The summed E-state index contributed by atoms with van der Waals surface area (Å²) in [6.45, 7) is 0. The maximum atomic E-state index is 10.8. The van der Waals surface area contributed by atoms with Gasteiger partial charge in [-0.15, -0.1) is 0 Å². The van der Waals surface area contributed by atoms with Crippen molar-refractivity contribution < 1.29 is 9.53 Å². The van der Waals surface area contributed by atoms with Crippen LogP contribution in [0, 0.1) is 0 Å². The topological polar surface area (TPSA) is 29.5 Å². The van der Waals surface area contributed by atoms with Crippen LogP contribution in [0.5, 0.6) is 5.75 Å². The number of ether oxygens (including phenoxy) is 1. The number of carbonyl (C=O) groups is 1. The Hall–Kier alpha value is -1.81. The molecule has 2 rings (SSSR count). The number of rotatable bonds is 4. The van der Waals surface area contributed by atoms with E-state index in [9.17, 15) is 4.79 Å². The molecule has 0 heterocycles. The summed E-state index contributed by atoms with van der Waals surface area (Å²) in [5.74, 6) is 0.828. The van der Waals surface area contributed by atoms with Gasteiger partial charge in [-0.2, -0.15) is 0 Å². The third kappa shape index (κ3) is 2.96. The molecule has 0 aliphatic rings. The average molecular weight is 320 g/mol. The Morgan fingerprint density at radius 1 is 1.11 bits per heavy atom. The zero-order valence-corrected chi connectivity index (χ0v) is 12.3. The number of halogens is 1. The number of carbonyl (C=O) groups excluding carboxylic acids is 1. The molecule has 98 valence electrons. The van der Waals surface area contributed by atoms with Crippen molar-refractivity contribution in [3.8, 4) is 5.75 Å². The molecule has 0 aromatic heterocycles. The molecule has 0 bridgehead atoms. The number of benzene rings is 2. The fraction of sp³-hybridized carbons (Fsp3) is 0.133. The molecule has 0 atom stereocenters. The first-order chi connectivity index (χ1) is 9.15. The fourth-order valence-electron chi connectivity index (χ4n) is 1.78. The Kier molecular flexibility index (Phi) is 4.22. The van der Waals surface area contributed by atoms with Crippen molar-refractivity contribution in [2.75, 3.05) is 19.1 Å². The molecule has 0 N–H and O–H groups in total. The molecule has 0 aliphatic heterocycles. The number of methoxy groups -OCH3 is 1. The van der Waals surface area contributed by atoms with Crippen molar-refractivity contribution in [3.05, 3.63) is 52.5 Å². The molecule has 0 aliphatic carbocycles. The first kappa shape index (κ1) is 13.6. The van der Waals surface area contributed by atoms with E-state index in [4.69, 9.17) is 4.74 Å². The van der Waals surface area contributed by atoms with Crippen LogP contribution in [-0.4, -0.2) is 20.4 Å². The van der Waals surface area contributed by atoms with E-state index >= 15 is 0 Å². The van der Waals surface area contributed by atoms with Crippen LogP contribution in [0.25, 0.3) is 0 Å². The van der Waals surface area contributed by atoms with Crippen molar-refractivity contribution in [1.82, 2.24) is 0 Å². The second-order valence-electron chi connectivity index (χ2n) is 4.08. The molecule has 19 heavy (non-hydrogen) atoms. The third-order valence-corrected chi connectivity index (χ3v) is 3.64. The Balaban J connectivity index is 2.29. The van der Waals surface area contributed by atoms with E-state index in [0.717, 1.165) is 27.9 Å². The predicted octanol–water partition coefficient (Wildman–Crippen LogP) is 4.04. The normalized spacial score (nSPS) is 10.1. The van der Waals surface area contributed by atoms with Crippen LogP contribution in [0.1, 0.15) is 10.4 Å². The first-order valence-electron chi connectivity index (χ1n) is 5.78. The van der Waals surface area contributed by atoms with Crippen LogP contribution in [0.2, 0.25) is 0 Å². The van der Waals surface area contributed by atoms with Crippen LogP contribution in [-0.2, 0) is 0 Å². The second-order valence-corrected chi connectivity index (χ2v) is 4.94. The van der Waals surface area contributed by atoms with Gasteiger partial charge in [-0.25, -0.2) is 0 Å². The summed E-state index contributed by atoms with van der Waals surface area (Å²) in [4.78, 5) is 12.8. The molecule has 0 amide bonds. The lowest BCUT2D eigenvalue weighted by atomic mass is 10.2. The van der Waals surface area contributed by atoms with E-state index in [-0.39, 0.29) is 0 Å². The van der Waals surface area contributed by atoms with Gasteiger partial charge in [0.2, 0.25) is 0 Å². The minimum absolute atomic E-state index is 0.645. The maximum Gasteiger partial charge on any atom is 0.151 e. The van der Waals surface area contributed by atoms with Crippen LogP contribution in [0.3, 0.4) is 0 Å². The standard InChI is InChI=1S/C15H14BrNO2/c1-17(12-5-7-14(19-2)8-6-12)13-4-3-11(10-18)15(16)9-13/h3-10H,1-2H3. The average Bonchev–Trinajstić information content (AvgIpc) is 2.46. The monoisotopic (exact) mass is 319 g/mol. The van der Waals surface area contributed by atoms with Gasteiger partial charge in [0.15, 0.2) is 6.29 Å². The van der Waals surface area contributed by atoms with E-state index < -0.39 is 0 Å². The van der Waals surface area contributed by atoms with Gasteiger partial charge in [0.25, 0.3) is 0 Å². The van der Waals surface area contributed by atoms with Crippen molar-refractivity contribution in [3.63, 3.8) is 0 Å². The van der Waals surface area contributed by atoms with Crippen molar-refractivity contribution in [2.24, 2.45) is 0 Å². The minimum atomic E-state index is 0.645. The Morgan fingerprint density at radius 2 is 1.74 bits per heavy atom. The van der Waals surface area contributed by atoms with Gasteiger partial charge in [-0.05, 0) is 58.4 Å². The summed E-state index contributed by atoms with van der Waals surface area (Å²) < 4.78 is 5.93. The number of aldehydes is 1. The van der Waals surface area contributed by atoms with E-state index in [1.54, 1.807) is 13.2 Å². The number of nitrogens with zero attached hydrogens (tertiary/aromatic N) is 1. The van der Waals surface area contributed by atoms with Crippen molar-refractivity contribution >= 4 is 33.6 Å². The van der Waals surface area contributed by atoms with E-state index in [1.165, 1.54) is 0 Å². The SMILES string of the molecule is COc1ccc(N(C)c2ccc(C=O)c(Br)c2)cc1. The molecule has 0 saturated carbocycles. The molecule has 3 nitrogen and oxygen atoms in total. The lowest BCUT2D eigenvalue weighted by Gasteiger charge is -2.20. The smallest absolute Gasteiger partial charge is 0.151 e. The summed E-state index contributed by atoms with van der Waals surface area (Å²) in [5.41, 5.74) is 2.70. The quantitative estimate of drug-likeness (QED) is 0.796. The zero-order chi connectivity index (χ0) is 13.8. The van der Waals surface area contributed by atoms with E-state index in [1.807, 2.05) is 48.3 Å². The highest BCUT2D eigenvalue weighted by molar-refractivity contribution is 9.10. The highest BCUT2D eigenvalue weighted by Gasteiger charge is 2.07. The number of hydrogen-bond donors (Lipinski definition) is 0. The third-order valence-electron chi connectivity index (χ3n) is 2.96. The minimum Gasteiger partial charge on any atom is -0.497 e. The summed E-state index contributed by atoms with van der Waals surface area (Å²) in [5, 5.41) is 0. The molecule has 2 aromatic rings. The van der Waals surface area contributed by atoms with E-state index in [0.29, 0.717) is 5.56 Å². The van der Waals surface area contributed by atoms with Crippen LogP contribution < -0.4 is 9.64 Å². The lowest BCUT2D eigenvalue weighted by Crippen LogP contribution is -2.09. The van der Waals surface area contributed by atoms with E-state index in [2.05, 4.69) is 15.9 Å². The fourth-order valence-corrected chi connectivity index (χ4v) is 2.24. The Morgan fingerprint density at radius 3 is 2.26 bits per heavy atom. The van der Waals surface area contributed by atoms with Crippen molar-refractivity contribution in [1.29, 1.82) is 0 Å². The molecule has 0 unspecified atom stereocenters. The molecule has 0 saturated heterocycles. The molecule has 0 spiro atoms. The molecule has 0 fully saturated rings. The Labute approximate surface area is 120 Å². The van der Waals surface area contributed by atoms with Crippen LogP contribution >= 0.6 is 15.9 Å². The predicted molar refractivity (Wildman–Crippen MR) is 80.6 cm³/mol. The summed E-state index contributed by atoms with van der Waals surface area (Å²) in [6.07, 6.45) is 0.835. The first-order valence-corrected chi connectivity index (χ1v) is 6.57. The highest BCUT2D eigenvalue weighted by Crippen LogP contribution is 2.28. The number of anilines is 2. The second kappa shape index (κ2) is 5.89. The van der Waals surface area contributed by atoms with Crippen LogP contribution in [0.15, 0.2) is 46.9 Å². The summed E-state index contributed by atoms with van der Waals surface area (Å²) >= 11 is 3.39. The molecule has 2 aromatic carbocycles. The molecular weight excluding hydrogens is 306 g/mol. The van der Waals surface area contributed by atoms with Gasteiger partial charge in [0, 0.05) is 28.5 Å². The number of hydrogen-bond acceptors (Lipinski definition) is 3. The maximum absolute atomic E-state index is 10.8. The van der Waals surface area contributed by atoms with Gasteiger partial charge in [0.1, 0.15) is 5.75 Å². The van der Waals surface area contributed by atoms with Gasteiger partial charge >= 0.3 is 0 Å². The Bertz CT molecular complexity index is 581. The largest absolute Gasteiger partial charge is 0.497 e. The molecule has 4 heteroatoms. The van der Waals surface area contributed by atoms with Gasteiger partial charge in [-0.1, -0.05) is 0 Å². The van der Waals surface area contributed by atoms with Gasteiger partial charge in [0.05, 0.1) is 7.11 Å².